The Bertz CT molecular complexity index is 1040. The standard InChI is InChI=1S/C24H27F3N4/c1-15(2)16-7-6-8-19(13-16)29-21-20(24(25,26)27)14-28-22(31-21)30-18-11-9-17(10-12-18)23(3,4)5/h6-15H,1-5H3,(H2,28,29,30,31). The van der Waals surface area contributed by atoms with Gasteiger partial charge >= 0.3 is 6.18 Å². The molecule has 0 saturated heterocycles. The van der Waals surface area contributed by atoms with Gasteiger partial charge in [-0.2, -0.15) is 18.2 Å². The van der Waals surface area contributed by atoms with E-state index in [2.05, 4.69) is 41.4 Å². The van der Waals surface area contributed by atoms with Crippen LogP contribution in [-0.4, -0.2) is 9.97 Å². The van der Waals surface area contributed by atoms with Crippen molar-refractivity contribution in [3.63, 3.8) is 0 Å². The minimum atomic E-state index is -4.58. The third kappa shape index (κ3) is 5.75. The number of nitrogens with zero attached hydrogens (tertiary/aromatic N) is 2. The number of nitrogens with one attached hydrogen (secondary N) is 2. The lowest BCUT2D eigenvalue weighted by molar-refractivity contribution is -0.137. The van der Waals surface area contributed by atoms with Crippen LogP contribution in [0, 0.1) is 0 Å². The number of hydrogen-bond donors (Lipinski definition) is 2. The zero-order valence-corrected chi connectivity index (χ0v) is 18.3. The molecule has 31 heavy (non-hydrogen) atoms. The van der Waals surface area contributed by atoms with Gasteiger partial charge in [0.05, 0.1) is 0 Å². The molecule has 2 N–H and O–H groups in total. The second-order valence-corrected chi connectivity index (χ2v) is 8.81. The van der Waals surface area contributed by atoms with Gasteiger partial charge in [-0.3, -0.25) is 0 Å². The second kappa shape index (κ2) is 8.57. The van der Waals surface area contributed by atoms with Crippen molar-refractivity contribution in [2.45, 2.75) is 52.1 Å². The van der Waals surface area contributed by atoms with Crippen LogP contribution in [0.25, 0.3) is 0 Å². The average molecular weight is 429 g/mol. The van der Waals surface area contributed by atoms with Crippen molar-refractivity contribution in [2.75, 3.05) is 10.6 Å². The molecule has 1 heterocycles. The summed E-state index contributed by atoms with van der Waals surface area (Å²) in [5.41, 5.74) is 2.49. The highest BCUT2D eigenvalue weighted by Gasteiger charge is 2.35. The van der Waals surface area contributed by atoms with Crippen molar-refractivity contribution in [1.29, 1.82) is 0 Å². The quantitative estimate of drug-likeness (QED) is 0.444. The SMILES string of the molecule is CC(C)c1cccc(Nc2nc(Nc3ccc(C(C)(C)C)cc3)ncc2C(F)(F)F)c1. The maximum Gasteiger partial charge on any atom is 0.421 e. The Labute approximate surface area is 181 Å². The molecule has 3 rings (SSSR count). The lowest BCUT2D eigenvalue weighted by Gasteiger charge is -2.19. The normalized spacial score (nSPS) is 12.2. The van der Waals surface area contributed by atoms with E-state index in [0.717, 1.165) is 17.3 Å². The van der Waals surface area contributed by atoms with Crippen LogP contribution in [0.15, 0.2) is 54.7 Å². The highest BCUT2D eigenvalue weighted by molar-refractivity contribution is 5.63. The number of aromatic nitrogens is 2. The molecule has 0 amide bonds. The molecule has 0 unspecified atom stereocenters. The average Bonchev–Trinajstić information content (AvgIpc) is 2.67. The molecule has 0 bridgehead atoms. The van der Waals surface area contributed by atoms with Gasteiger partial charge in [-0.25, -0.2) is 4.98 Å². The molecule has 0 radical (unpaired) electrons. The first-order valence-electron chi connectivity index (χ1n) is 10.1. The van der Waals surface area contributed by atoms with Gasteiger partial charge in [0, 0.05) is 17.6 Å². The van der Waals surface area contributed by atoms with Crippen molar-refractivity contribution in [3.8, 4) is 0 Å². The van der Waals surface area contributed by atoms with Crippen molar-refractivity contribution < 1.29 is 13.2 Å². The van der Waals surface area contributed by atoms with Crippen molar-refractivity contribution in [2.24, 2.45) is 0 Å². The van der Waals surface area contributed by atoms with E-state index in [1.54, 1.807) is 6.07 Å². The molecular formula is C24H27F3N4. The van der Waals surface area contributed by atoms with Gasteiger partial charge in [0.15, 0.2) is 0 Å². The van der Waals surface area contributed by atoms with Crippen molar-refractivity contribution >= 4 is 23.1 Å². The largest absolute Gasteiger partial charge is 0.421 e. The van der Waals surface area contributed by atoms with Gasteiger partial charge in [-0.15, -0.1) is 0 Å². The summed E-state index contributed by atoms with van der Waals surface area (Å²) in [5, 5.41) is 5.81. The molecule has 0 aliphatic heterocycles. The van der Waals surface area contributed by atoms with E-state index in [1.165, 1.54) is 0 Å². The van der Waals surface area contributed by atoms with Crippen LogP contribution >= 0.6 is 0 Å². The third-order valence-electron chi connectivity index (χ3n) is 4.92. The van der Waals surface area contributed by atoms with Gasteiger partial charge in [-0.1, -0.05) is 58.9 Å². The molecular weight excluding hydrogens is 401 g/mol. The van der Waals surface area contributed by atoms with E-state index < -0.39 is 11.7 Å². The van der Waals surface area contributed by atoms with E-state index in [1.807, 2.05) is 56.3 Å². The Morgan fingerprint density at radius 1 is 0.871 bits per heavy atom. The van der Waals surface area contributed by atoms with Crippen LogP contribution < -0.4 is 10.6 Å². The Morgan fingerprint density at radius 2 is 1.55 bits per heavy atom. The van der Waals surface area contributed by atoms with E-state index in [4.69, 9.17) is 0 Å². The predicted molar refractivity (Wildman–Crippen MR) is 119 cm³/mol. The second-order valence-electron chi connectivity index (χ2n) is 8.81. The summed E-state index contributed by atoms with van der Waals surface area (Å²) in [6.07, 6.45) is -3.78. The van der Waals surface area contributed by atoms with E-state index in [9.17, 15) is 13.2 Å². The molecule has 0 fully saturated rings. The van der Waals surface area contributed by atoms with Crippen LogP contribution in [0.1, 0.15) is 57.2 Å². The van der Waals surface area contributed by atoms with Crippen LogP contribution in [0.2, 0.25) is 0 Å². The minimum absolute atomic E-state index is 0.00496. The zero-order chi connectivity index (χ0) is 22.8. The number of anilines is 4. The summed E-state index contributed by atoms with van der Waals surface area (Å²) in [7, 11) is 0. The molecule has 1 aromatic heterocycles. The fourth-order valence-corrected chi connectivity index (χ4v) is 3.04. The number of hydrogen-bond acceptors (Lipinski definition) is 4. The lowest BCUT2D eigenvalue weighted by Crippen LogP contribution is -2.13. The van der Waals surface area contributed by atoms with Gasteiger partial charge < -0.3 is 10.6 Å². The van der Waals surface area contributed by atoms with E-state index in [0.29, 0.717) is 11.4 Å². The molecule has 164 valence electrons. The summed E-state index contributed by atoms with van der Waals surface area (Å²) >= 11 is 0. The Balaban J connectivity index is 1.91. The third-order valence-corrected chi connectivity index (χ3v) is 4.92. The molecule has 4 nitrogen and oxygen atoms in total. The van der Waals surface area contributed by atoms with Crippen molar-refractivity contribution in [3.05, 3.63) is 71.4 Å². The Kier molecular flexibility index (Phi) is 6.25. The summed E-state index contributed by atoms with van der Waals surface area (Å²) in [4.78, 5) is 8.00. The van der Waals surface area contributed by atoms with Crippen LogP contribution in [0.5, 0.6) is 0 Å². The van der Waals surface area contributed by atoms with Crippen molar-refractivity contribution in [1.82, 2.24) is 9.97 Å². The summed E-state index contributed by atoms with van der Waals surface area (Å²) in [6.45, 7) is 10.4. The van der Waals surface area contributed by atoms with Gasteiger partial charge in [0.1, 0.15) is 11.4 Å². The molecule has 0 spiro atoms. The number of benzene rings is 2. The highest BCUT2D eigenvalue weighted by Crippen LogP contribution is 2.35. The van der Waals surface area contributed by atoms with Crippen LogP contribution in [0.4, 0.5) is 36.3 Å². The van der Waals surface area contributed by atoms with Gasteiger partial charge in [0.2, 0.25) is 5.95 Å². The first kappa shape index (κ1) is 22.6. The Morgan fingerprint density at radius 3 is 2.13 bits per heavy atom. The maximum atomic E-state index is 13.5. The molecule has 0 aliphatic rings. The molecule has 7 heteroatoms. The minimum Gasteiger partial charge on any atom is -0.340 e. The van der Waals surface area contributed by atoms with Gasteiger partial charge in [-0.05, 0) is 46.7 Å². The predicted octanol–water partition coefficient (Wildman–Crippen LogP) is 7.40. The zero-order valence-electron chi connectivity index (χ0n) is 18.3. The molecule has 0 atom stereocenters. The highest BCUT2D eigenvalue weighted by atomic mass is 19.4. The fraction of sp³-hybridized carbons (Fsp3) is 0.333. The van der Waals surface area contributed by atoms with E-state index in [-0.39, 0.29) is 23.1 Å². The van der Waals surface area contributed by atoms with Crippen LogP contribution in [-0.2, 0) is 11.6 Å². The Hall–Kier alpha value is -3.09. The first-order chi connectivity index (χ1) is 14.4. The van der Waals surface area contributed by atoms with Crippen LogP contribution in [0.3, 0.4) is 0 Å². The first-order valence-corrected chi connectivity index (χ1v) is 10.1. The monoisotopic (exact) mass is 428 g/mol. The number of rotatable bonds is 5. The summed E-state index contributed by atoms with van der Waals surface area (Å²) in [5.74, 6) is 0.0405. The number of halogens is 3. The smallest absolute Gasteiger partial charge is 0.340 e. The molecule has 0 aliphatic carbocycles. The fourth-order valence-electron chi connectivity index (χ4n) is 3.04. The summed E-state index contributed by atoms with van der Waals surface area (Å²) in [6, 6.07) is 15.0. The van der Waals surface area contributed by atoms with Gasteiger partial charge in [0.25, 0.3) is 0 Å². The number of alkyl halides is 3. The molecule has 0 saturated carbocycles. The maximum absolute atomic E-state index is 13.5. The molecule has 2 aromatic carbocycles. The topological polar surface area (TPSA) is 49.8 Å². The summed E-state index contributed by atoms with van der Waals surface area (Å²) < 4.78 is 40.6. The van der Waals surface area contributed by atoms with E-state index >= 15 is 0 Å². The molecule has 3 aromatic rings. The lowest BCUT2D eigenvalue weighted by atomic mass is 9.87.